The molecule has 0 saturated heterocycles. The predicted octanol–water partition coefficient (Wildman–Crippen LogP) is 4.17. The van der Waals surface area contributed by atoms with Gasteiger partial charge in [-0.3, -0.25) is 9.59 Å². The van der Waals surface area contributed by atoms with Gasteiger partial charge in [-0.2, -0.15) is 4.99 Å². The second-order valence-corrected chi connectivity index (χ2v) is 7.69. The van der Waals surface area contributed by atoms with E-state index < -0.39 is 0 Å². The van der Waals surface area contributed by atoms with Crippen molar-refractivity contribution in [1.29, 1.82) is 0 Å². The molecule has 0 N–H and O–H groups in total. The lowest BCUT2D eigenvalue weighted by Gasteiger charge is -2.06. The second kappa shape index (κ2) is 9.16. The van der Waals surface area contributed by atoms with Gasteiger partial charge in [0.25, 0.3) is 5.91 Å². The monoisotopic (exact) mass is 462 g/mol. The lowest BCUT2D eigenvalue weighted by molar-refractivity contribution is -0.143. The van der Waals surface area contributed by atoms with Crippen LogP contribution >= 0.6 is 27.3 Å². The molecule has 1 heterocycles. The van der Waals surface area contributed by atoms with E-state index in [9.17, 15) is 9.59 Å². The fourth-order valence-electron chi connectivity index (χ4n) is 2.66. The summed E-state index contributed by atoms with van der Waals surface area (Å²) in [6, 6.07) is 12.6. The molecule has 146 valence electrons. The molecular weight excluding hydrogens is 444 g/mol. The zero-order valence-electron chi connectivity index (χ0n) is 15.5. The van der Waals surface area contributed by atoms with E-state index in [-0.39, 0.29) is 18.4 Å². The van der Waals surface area contributed by atoms with Crippen LogP contribution in [0.15, 0.2) is 51.9 Å². The molecule has 1 aromatic heterocycles. The minimum atomic E-state index is -0.382. The highest BCUT2D eigenvalue weighted by Crippen LogP contribution is 2.24. The van der Waals surface area contributed by atoms with E-state index in [1.807, 2.05) is 31.2 Å². The molecule has 1 amide bonds. The van der Waals surface area contributed by atoms with E-state index in [1.165, 1.54) is 11.3 Å². The predicted molar refractivity (Wildman–Crippen MR) is 112 cm³/mol. The second-order valence-electron chi connectivity index (χ2n) is 5.77. The molecule has 28 heavy (non-hydrogen) atoms. The number of fused-ring (bicyclic) bond motifs is 1. The summed E-state index contributed by atoms with van der Waals surface area (Å²) in [4.78, 5) is 29.4. The summed E-state index contributed by atoms with van der Waals surface area (Å²) in [5, 5.41) is 0. The molecular formula is C20H19BrN2O4S. The Bertz CT molecular complexity index is 1090. The van der Waals surface area contributed by atoms with Crippen LogP contribution in [0.5, 0.6) is 5.75 Å². The Hall–Kier alpha value is -2.45. The molecule has 8 heteroatoms. The first-order valence-corrected chi connectivity index (χ1v) is 10.4. The van der Waals surface area contributed by atoms with E-state index >= 15 is 0 Å². The van der Waals surface area contributed by atoms with Gasteiger partial charge in [-0.25, -0.2) is 0 Å². The Kier molecular flexibility index (Phi) is 6.64. The lowest BCUT2D eigenvalue weighted by Crippen LogP contribution is -2.23. The van der Waals surface area contributed by atoms with Crippen LogP contribution in [0.2, 0.25) is 0 Å². The number of esters is 1. The van der Waals surface area contributed by atoms with E-state index in [0.29, 0.717) is 23.6 Å². The largest absolute Gasteiger partial charge is 0.494 e. The van der Waals surface area contributed by atoms with Crippen molar-refractivity contribution in [1.82, 2.24) is 4.57 Å². The normalized spacial score (nSPS) is 11.6. The van der Waals surface area contributed by atoms with Gasteiger partial charge in [0.2, 0.25) is 0 Å². The summed E-state index contributed by atoms with van der Waals surface area (Å²) in [6.07, 6.45) is 0. The number of amides is 1. The molecule has 2 aromatic carbocycles. The minimum Gasteiger partial charge on any atom is -0.494 e. The van der Waals surface area contributed by atoms with Crippen LogP contribution < -0.4 is 9.54 Å². The van der Waals surface area contributed by atoms with Gasteiger partial charge in [-0.05, 0) is 50.2 Å². The zero-order chi connectivity index (χ0) is 20.1. The third-order valence-electron chi connectivity index (χ3n) is 3.83. The van der Waals surface area contributed by atoms with Crippen molar-refractivity contribution in [2.75, 3.05) is 13.2 Å². The maximum atomic E-state index is 12.6. The van der Waals surface area contributed by atoms with Crippen molar-refractivity contribution in [3.8, 4) is 5.75 Å². The summed E-state index contributed by atoms with van der Waals surface area (Å²) < 4.78 is 14.0. The highest BCUT2D eigenvalue weighted by atomic mass is 79.9. The summed E-state index contributed by atoms with van der Waals surface area (Å²) in [5.74, 6) is -0.0349. The fraction of sp³-hybridized carbons (Fsp3) is 0.250. The number of aromatic nitrogens is 1. The average Bonchev–Trinajstić information content (AvgIpc) is 2.98. The molecule has 3 rings (SSSR count). The Morgan fingerprint density at radius 3 is 2.68 bits per heavy atom. The van der Waals surface area contributed by atoms with Crippen LogP contribution in [0.1, 0.15) is 24.2 Å². The van der Waals surface area contributed by atoms with Gasteiger partial charge in [-0.1, -0.05) is 33.3 Å². The zero-order valence-corrected chi connectivity index (χ0v) is 17.9. The first-order valence-electron chi connectivity index (χ1n) is 8.78. The number of halogens is 1. The number of ether oxygens (including phenoxy) is 2. The van der Waals surface area contributed by atoms with E-state index in [0.717, 1.165) is 20.4 Å². The summed E-state index contributed by atoms with van der Waals surface area (Å²) in [6.45, 7) is 4.49. The first-order chi connectivity index (χ1) is 13.5. The Morgan fingerprint density at radius 1 is 1.14 bits per heavy atom. The number of carbonyl (C=O) groups is 2. The Labute approximate surface area is 174 Å². The van der Waals surface area contributed by atoms with Gasteiger partial charge in [0.15, 0.2) is 4.80 Å². The molecule has 0 saturated carbocycles. The molecule has 0 bridgehead atoms. The molecule has 0 fully saturated rings. The van der Waals surface area contributed by atoms with Crippen LogP contribution in [0.4, 0.5) is 0 Å². The number of benzene rings is 2. The van der Waals surface area contributed by atoms with Crippen molar-refractivity contribution in [3.05, 3.63) is 57.3 Å². The maximum Gasteiger partial charge on any atom is 0.326 e. The van der Waals surface area contributed by atoms with E-state index in [4.69, 9.17) is 9.47 Å². The van der Waals surface area contributed by atoms with Crippen molar-refractivity contribution in [2.24, 2.45) is 4.99 Å². The van der Waals surface area contributed by atoms with Gasteiger partial charge in [0.1, 0.15) is 12.3 Å². The molecule has 0 radical (unpaired) electrons. The third kappa shape index (κ3) is 4.69. The average molecular weight is 463 g/mol. The number of nitrogens with zero attached hydrogens (tertiary/aromatic N) is 2. The van der Waals surface area contributed by atoms with Gasteiger partial charge in [0.05, 0.1) is 23.4 Å². The molecule has 0 aliphatic rings. The van der Waals surface area contributed by atoms with Crippen molar-refractivity contribution < 1.29 is 19.1 Å². The topological polar surface area (TPSA) is 69.9 Å². The lowest BCUT2D eigenvalue weighted by atomic mass is 10.2. The van der Waals surface area contributed by atoms with Crippen molar-refractivity contribution >= 4 is 49.4 Å². The minimum absolute atomic E-state index is 0.0214. The Balaban J connectivity index is 2.10. The van der Waals surface area contributed by atoms with Crippen LogP contribution in [-0.4, -0.2) is 29.7 Å². The van der Waals surface area contributed by atoms with Gasteiger partial charge >= 0.3 is 5.97 Å². The van der Waals surface area contributed by atoms with E-state index in [1.54, 1.807) is 29.7 Å². The number of hydrogen-bond donors (Lipinski definition) is 0. The SMILES string of the molecule is CCOC(=O)Cn1c(=NC(=O)c2cccc(Br)c2)sc2cc(OCC)ccc21. The van der Waals surface area contributed by atoms with Crippen LogP contribution in [0.25, 0.3) is 10.2 Å². The smallest absolute Gasteiger partial charge is 0.326 e. The molecule has 0 aliphatic carbocycles. The van der Waals surface area contributed by atoms with Gasteiger partial charge in [-0.15, -0.1) is 0 Å². The quantitative estimate of drug-likeness (QED) is 0.515. The molecule has 6 nitrogen and oxygen atoms in total. The first kappa shape index (κ1) is 20.3. The summed E-state index contributed by atoms with van der Waals surface area (Å²) in [5.41, 5.74) is 1.26. The highest BCUT2D eigenvalue weighted by Gasteiger charge is 2.14. The van der Waals surface area contributed by atoms with Gasteiger partial charge < -0.3 is 14.0 Å². The van der Waals surface area contributed by atoms with Crippen molar-refractivity contribution in [2.45, 2.75) is 20.4 Å². The number of thiazole rings is 1. The molecule has 0 atom stereocenters. The number of rotatable bonds is 6. The standard InChI is InChI=1S/C20H19BrN2O4S/c1-3-26-15-8-9-16-17(11-15)28-20(23(16)12-18(24)27-4-2)22-19(25)13-6-5-7-14(21)10-13/h5-11H,3-4,12H2,1-2H3. The maximum absolute atomic E-state index is 12.6. The number of carbonyl (C=O) groups excluding carboxylic acids is 2. The van der Waals surface area contributed by atoms with Crippen LogP contribution in [0.3, 0.4) is 0 Å². The molecule has 0 aliphatic heterocycles. The van der Waals surface area contributed by atoms with Crippen molar-refractivity contribution in [3.63, 3.8) is 0 Å². The third-order valence-corrected chi connectivity index (χ3v) is 5.36. The Morgan fingerprint density at radius 2 is 1.96 bits per heavy atom. The molecule has 0 unspecified atom stereocenters. The van der Waals surface area contributed by atoms with Crippen LogP contribution in [-0.2, 0) is 16.1 Å². The highest BCUT2D eigenvalue weighted by molar-refractivity contribution is 9.10. The summed E-state index contributed by atoms with van der Waals surface area (Å²) in [7, 11) is 0. The summed E-state index contributed by atoms with van der Waals surface area (Å²) >= 11 is 4.69. The van der Waals surface area contributed by atoms with Gasteiger partial charge in [0, 0.05) is 10.0 Å². The molecule has 3 aromatic rings. The molecule has 0 spiro atoms. The van der Waals surface area contributed by atoms with Crippen LogP contribution in [0, 0.1) is 0 Å². The fourth-order valence-corrected chi connectivity index (χ4v) is 4.11. The van der Waals surface area contributed by atoms with E-state index in [2.05, 4.69) is 20.9 Å². The number of hydrogen-bond acceptors (Lipinski definition) is 5.